The number of para-hydroxylation sites is 1. The predicted octanol–water partition coefficient (Wildman–Crippen LogP) is 4.12. The third kappa shape index (κ3) is 4.03. The summed E-state index contributed by atoms with van der Waals surface area (Å²) in [7, 11) is 1.67. The normalized spacial score (nSPS) is 10.4. The molecule has 0 saturated carbocycles. The first-order valence-corrected chi connectivity index (χ1v) is 7.17. The van der Waals surface area contributed by atoms with E-state index in [2.05, 4.69) is 21.2 Å². The number of nitro groups is 1. The van der Waals surface area contributed by atoms with Crippen LogP contribution in [0.25, 0.3) is 0 Å². The van der Waals surface area contributed by atoms with Gasteiger partial charge in [0.1, 0.15) is 5.69 Å². The largest absolute Gasteiger partial charge is 0.382 e. The Kier molecular flexibility index (Phi) is 5.30. The number of anilines is 1. The van der Waals surface area contributed by atoms with E-state index in [9.17, 15) is 10.1 Å². The molecule has 2 aromatic rings. The first-order chi connectivity index (χ1) is 10.1. The molecule has 2 aromatic carbocycles. The monoisotopic (exact) mass is 350 g/mol. The van der Waals surface area contributed by atoms with Crippen molar-refractivity contribution in [3.05, 3.63) is 68.2 Å². The molecule has 0 amide bonds. The summed E-state index contributed by atoms with van der Waals surface area (Å²) in [6, 6.07) is 12.8. The van der Waals surface area contributed by atoms with Crippen molar-refractivity contribution >= 4 is 27.3 Å². The molecule has 1 N–H and O–H groups in total. The van der Waals surface area contributed by atoms with Crippen LogP contribution in [-0.2, 0) is 18.0 Å². The maximum absolute atomic E-state index is 11.0. The van der Waals surface area contributed by atoms with E-state index in [4.69, 9.17) is 4.74 Å². The minimum atomic E-state index is -0.399. The molecule has 0 aliphatic carbocycles. The fraction of sp³-hybridized carbons (Fsp3) is 0.200. The summed E-state index contributed by atoms with van der Waals surface area (Å²) in [6.07, 6.45) is 0. The Labute approximate surface area is 131 Å². The summed E-state index contributed by atoms with van der Waals surface area (Å²) in [5.41, 5.74) is 2.36. The van der Waals surface area contributed by atoms with Gasteiger partial charge in [-0.25, -0.2) is 0 Å². The first-order valence-electron chi connectivity index (χ1n) is 6.38. The average molecular weight is 351 g/mol. The second kappa shape index (κ2) is 7.19. The number of nitrogens with zero attached hydrogens (tertiary/aromatic N) is 1. The Morgan fingerprint density at radius 3 is 2.67 bits per heavy atom. The molecule has 0 atom stereocenters. The smallest absolute Gasteiger partial charge is 0.292 e. The van der Waals surface area contributed by atoms with Crippen LogP contribution in [0.4, 0.5) is 11.4 Å². The second-order valence-corrected chi connectivity index (χ2v) is 5.36. The van der Waals surface area contributed by atoms with E-state index >= 15 is 0 Å². The lowest BCUT2D eigenvalue weighted by Crippen LogP contribution is -2.03. The van der Waals surface area contributed by atoms with Crippen LogP contribution < -0.4 is 5.32 Å². The molecule has 0 unspecified atom stereocenters. The first kappa shape index (κ1) is 15.5. The van der Waals surface area contributed by atoms with Gasteiger partial charge in [0.2, 0.25) is 0 Å². The van der Waals surface area contributed by atoms with E-state index in [0.717, 1.165) is 15.6 Å². The Morgan fingerprint density at radius 1 is 1.24 bits per heavy atom. The van der Waals surface area contributed by atoms with Crippen molar-refractivity contribution < 1.29 is 9.66 Å². The quantitative estimate of drug-likeness (QED) is 0.628. The van der Waals surface area contributed by atoms with Crippen LogP contribution in [-0.4, -0.2) is 12.0 Å². The maximum Gasteiger partial charge on any atom is 0.292 e. The summed E-state index contributed by atoms with van der Waals surface area (Å²) >= 11 is 3.41. The molecule has 0 radical (unpaired) electrons. The Bertz CT molecular complexity index is 647. The van der Waals surface area contributed by atoms with Crippen LogP contribution in [0.3, 0.4) is 0 Å². The zero-order chi connectivity index (χ0) is 15.2. The summed E-state index contributed by atoms with van der Waals surface area (Å²) < 4.78 is 6.65. The third-order valence-corrected chi connectivity index (χ3v) is 3.48. The van der Waals surface area contributed by atoms with Crippen molar-refractivity contribution in [3.63, 3.8) is 0 Å². The van der Waals surface area contributed by atoms with Crippen molar-refractivity contribution in [2.75, 3.05) is 12.4 Å². The van der Waals surface area contributed by atoms with E-state index in [1.54, 1.807) is 13.1 Å². The van der Waals surface area contributed by atoms with Crippen molar-refractivity contribution in [1.29, 1.82) is 0 Å². The summed E-state index contributed by atoms with van der Waals surface area (Å²) in [5, 5.41) is 13.9. The number of nitro benzene ring substituents is 1. The highest BCUT2D eigenvalue weighted by molar-refractivity contribution is 9.10. The number of hydrogen-bond donors (Lipinski definition) is 1. The van der Waals surface area contributed by atoms with E-state index in [1.807, 2.05) is 30.3 Å². The maximum atomic E-state index is 11.0. The van der Waals surface area contributed by atoms with Crippen LogP contribution in [0.1, 0.15) is 11.1 Å². The van der Waals surface area contributed by atoms with Crippen molar-refractivity contribution in [3.8, 4) is 0 Å². The van der Waals surface area contributed by atoms with Crippen molar-refractivity contribution in [2.24, 2.45) is 0 Å². The topological polar surface area (TPSA) is 64.4 Å². The molecule has 0 heterocycles. The highest BCUT2D eigenvalue weighted by atomic mass is 79.9. The Balaban J connectivity index is 2.06. The van der Waals surface area contributed by atoms with Gasteiger partial charge in [-0.3, -0.25) is 10.1 Å². The van der Waals surface area contributed by atoms with Crippen molar-refractivity contribution in [1.82, 2.24) is 0 Å². The molecule has 0 aliphatic heterocycles. The molecule has 0 fully saturated rings. The molecular formula is C15H15BrN2O3. The van der Waals surface area contributed by atoms with Crippen LogP contribution in [0.5, 0.6) is 0 Å². The third-order valence-electron chi connectivity index (χ3n) is 2.99. The van der Waals surface area contributed by atoms with E-state index in [-0.39, 0.29) is 5.69 Å². The van der Waals surface area contributed by atoms with Crippen LogP contribution in [0, 0.1) is 10.1 Å². The van der Waals surface area contributed by atoms with Gasteiger partial charge in [0.25, 0.3) is 5.69 Å². The molecule has 21 heavy (non-hydrogen) atoms. The molecule has 0 spiro atoms. The Hall–Kier alpha value is -1.92. The van der Waals surface area contributed by atoms with Gasteiger partial charge >= 0.3 is 0 Å². The molecule has 0 saturated heterocycles. The fourth-order valence-corrected chi connectivity index (χ4v) is 2.50. The van der Waals surface area contributed by atoms with Gasteiger partial charge in [0.15, 0.2) is 0 Å². The highest BCUT2D eigenvalue weighted by Crippen LogP contribution is 2.28. The van der Waals surface area contributed by atoms with Gasteiger partial charge in [-0.15, -0.1) is 0 Å². The van der Waals surface area contributed by atoms with Gasteiger partial charge in [0.05, 0.1) is 18.1 Å². The number of ether oxygens (including phenoxy) is 1. The zero-order valence-corrected chi connectivity index (χ0v) is 13.1. The number of benzene rings is 2. The molecule has 6 heteroatoms. The van der Waals surface area contributed by atoms with Gasteiger partial charge in [0, 0.05) is 23.2 Å². The predicted molar refractivity (Wildman–Crippen MR) is 85.3 cm³/mol. The Morgan fingerprint density at radius 2 is 2.00 bits per heavy atom. The van der Waals surface area contributed by atoms with E-state index < -0.39 is 4.92 Å². The molecule has 110 valence electrons. The van der Waals surface area contributed by atoms with Gasteiger partial charge in [-0.2, -0.15) is 0 Å². The standard InChI is InChI=1S/C15H15BrN2O3/c1-17-15-12(5-3-7-14(15)18(19)20)10-21-9-11-4-2-6-13(16)8-11/h2-8,17H,9-10H2,1H3. The molecule has 0 bridgehead atoms. The molecule has 2 rings (SSSR count). The van der Waals surface area contributed by atoms with Crippen molar-refractivity contribution in [2.45, 2.75) is 13.2 Å². The lowest BCUT2D eigenvalue weighted by Gasteiger charge is -2.10. The second-order valence-electron chi connectivity index (χ2n) is 4.44. The number of nitrogens with one attached hydrogen (secondary N) is 1. The zero-order valence-electron chi connectivity index (χ0n) is 11.5. The minimum Gasteiger partial charge on any atom is -0.382 e. The summed E-state index contributed by atoms with van der Waals surface area (Å²) in [6.45, 7) is 0.760. The number of hydrogen-bond acceptors (Lipinski definition) is 4. The summed E-state index contributed by atoms with van der Waals surface area (Å²) in [5.74, 6) is 0. The molecule has 0 aliphatic rings. The average Bonchev–Trinajstić information content (AvgIpc) is 2.47. The minimum absolute atomic E-state index is 0.0565. The van der Waals surface area contributed by atoms with Crippen LogP contribution in [0.2, 0.25) is 0 Å². The lowest BCUT2D eigenvalue weighted by atomic mass is 10.1. The SMILES string of the molecule is CNc1c(COCc2cccc(Br)c2)cccc1[N+](=O)[O-]. The number of rotatable bonds is 6. The molecular weight excluding hydrogens is 336 g/mol. The van der Waals surface area contributed by atoms with Gasteiger partial charge in [-0.05, 0) is 17.7 Å². The molecule has 5 nitrogen and oxygen atoms in total. The van der Waals surface area contributed by atoms with Gasteiger partial charge in [-0.1, -0.05) is 40.2 Å². The summed E-state index contributed by atoms with van der Waals surface area (Å²) in [4.78, 5) is 10.6. The fourth-order valence-electron chi connectivity index (χ4n) is 2.05. The van der Waals surface area contributed by atoms with Gasteiger partial charge < -0.3 is 10.1 Å². The number of halogens is 1. The van der Waals surface area contributed by atoms with E-state index in [1.165, 1.54) is 6.07 Å². The molecule has 0 aromatic heterocycles. The van der Waals surface area contributed by atoms with Crippen LogP contribution in [0.15, 0.2) is 46.9 Å². The lowest BCUT2D eigenvalue weighted by molar-refractivity contribution is -0.384. The highest BCUT2D eigenvalue weighted by Gasteiger charge is 2.15. The van der Waals surface area contributed by atoms with Crippen LogP contribution >= 0.6 is 15.9 Å². The van der Waals surface area contributed by atoms with E-state index in [0.29, 0.717) is 18.9 Å².